The Bertz CT molecular complexity index is 468. The molecule has 7 heteroatoms. The highest BCUT2D eigenvalue weighted by molar-refractivity contribution is 7.89. The Hall–Kier alpha value is -0.920. The van der Waals surface area contributed by atoms with Gasteiger partial charge in [-0.3, -0.25) is 4.68 Å². The van der Waals surface area contributed by atoms with Crippen LogP contribution in [0.4, 0.5) is 0 Å². The third kappa shape index (κ3) is 1.85. The minimum atomic E-state index is -3.42. The number of hydrogen-bond donors (Lipinski definition) is 1. The molecule has 1 aliphatic heterocycles. The maximum atomic E-state index is 12.2. The van der Waals surface area contributed by atoms with Crippen molar-refractivity contribution in [3.63, 3.8) is 0 Å². The average Bonchev–Trinajstić information content (AvgIpc) is 2.85. The minimum Gasteiger partial charge on any atom is -0.326 e. The third-order valence-corrected chi connectivity index (χ3v) is 4.66. The Balaban J connectivity index is 2.32. The second kappa shape index (κ2) is 4.15. The first kappa shape index (κ1) is 11.6. The zero-order valence-corrected chi connectivity index (χ0v) is 10.0. The van der Waals surface area contributed by atoms with Crippen LogP contribution in [0.15, 0.2) is 17.3 Å². The molecule has 2 rings (SSSR count). The van der Waals surface area contributed by atoms with Crippen molar-refractivity contribution >= 4 is 10.0 Å². The molecule has 1 aliphatic rings. The molecule has 1 saturated heterocycles. The van der Waals surface area contributed by atoms with Crippen molar-refractivity contribution in [3.8, 4) is 0 Å². The second-order valence-corrected chi connectivity index (χ2v) is 5.78. The minimum absolute atomic E-state index is 0.0484. The van der Waals surface area contributed by atoms with E-state index in [0.29, 0.717) is 19.6 Å². The van der Waals surface area contributed by atoms with Crippen molar-refractivity contribution in [2.24, 2.45) is 5.73 Å². The van der Waals surface area contributed by atoms with Gasteiger partial charge in [0.05, 0.1) is 6.20 Å². The first-order valence-electron chi connectivity index (χ1n) is 5.33. The van der Waals surface area contributed by atoms with Crippen molar-refractivity contribution < 1.29 is 8.42 Å². The monoisotopic (exact) mass is 244 g/mol. The second-order valence-electron chi connectivity index (χ2n) is 3.90. The van der Waals surface area contributed by atoms with E-state index in [0.717, 1.165) is 6.42 Å². The van der Waals surface area contributed by atoms with E-state index in [1.165, 1.54) is 21.3 Å². The number of aryl methyl sites for hydroxylation is 1. The summed E-state index contributed by atoms with van der Waals surface area (Å²) in [7, 11) is -3.42. The van der Waals surface area contributed by atoms with Crippen LogP contribution in [-0.2, 0) is 16.6 Å². The average molecular weight is 244 g/mol. The van der Waals surface area contributed by atoms with Crippen molar-refractivity contribution in [2.75, 3.05) is 13.1 Å². The summed E-state index contributed by atoms with van der Waals surface area (Å²) in [5.41, 5.74) is 5.72. The summed E-state index contributed by atoms with van der Waals surface area (Å²) in [6.07, 6.45) is 2.23. The van der Waals surface area contributed by atoms with Gasteiger partial charge in [-0.05, 0) is 19.4 Å². The Morgan fingerprint density at radius 2 is 2.38 bits per heavy atom. The molecule has 0 aliphatic carbocycles. The van der Waals surface area contributed by atoms with Gasteiger partial charge in [0.2, 0.25) is 0 Å². The molecular weight excluding hydrogens is 228 g/mol. The van der Waals surface area contributed by atoms with Crippen LogP contribution in [0.5, 0.6) is 0 Å². The molecule has 2 N–H and O–H groups in total. The van der Waals surface area contributed by atoms with E-state index in [9.17, 15) is 8.42 Å². The Morgan fingerprint density at radius 3 is 2.94 bits per heavy atom. The molecule has 16 heavy (non-hydrogen) atoms. The van der Waals surface area contributed by atoms with Crippen LogP contribution in [0.25, 0.3) is 0 Å². The van der Waals surface area contributed by atoms with E-state index in [1.54, 1.807) is 0 Å². The van der Waals surface area contributed by atoms with Crippen molar-refractivity contribution in [3.05, 3.63) is 12.3 Å². The quantitative estimate of drug-likeness (QED) is 0.786. The summed E-state index contributed by atoms with van der Waals surface area (Å²) >= 11 is 0. The number of nitrogens with two attached hydrogens (primary N) is 1. The Labute approximate surface area is 95.1 Å². The van der Waals surface area contributed by atoms with Gasteiger partial charge in [0.1, 0.15) is 0 Å². The fourth-order valence-corrected chi connectivity index (χ4v) is 3.56. The highest BCUT2D eigenvalue weighted by Crippen LogP contribution is 2.19. The van der Waals surface area contributed by atoms with Gasteiger partial charge in [0, 0.05) is 25.7 Å². The SMILES string of the molecule is CCn1nccc1S(=O)(=O)N1CC[C@@H](N)C1. The lowest BCUT2D eigenvalue weighted by Gasteiger charge is -2.16. The van der Waals surface area contributed by atoms with Crippen LogP contribution in [0.3, 0.4) is 0 Å². The molecule has 0 saturated carbocycles. The summed E-state index contributed by atoms with van der Waals surface area (Å²) < 4.78 is 27.4. The number of sulfonamides is 1. The molecule has 0 radical (unpaired) electrons. The highest BCUT2D eigenvalue weighted by Gasteiger charge is 2.32. The largest absolute Gasteiger partial charge is 0.326 e. The molecule has 1 atom stereocenters. The summed E-state index contributed by atoms with van der Waals surface area (Å²) in [6, 6.07) is 1.48. The van der Waals surface area contributed by atoms with Crippen LogP contribution in [0.1, 0.15) is 13.3 Å². The summed E-state index contributed by atoms with van der Waals surface area (Å²) in [5, 5.41) is 4.22. The fourth-order valence-electron chi connectivity index (χ4n) is 1.88. The molecule has 0 spiro atoms. The summed E-state index contributed by atoms with van der Waals surface area (Å²) in [6.45, 7) is 3.30. The maximum absolute atomic E-state index is 12.2. The maximum Gasteiger partial charge on any atom is 0.260 e. The van der Waals surface area contributed by atoms with E-state index >= 15 is 0 Å². The lowest BCUT2D eigenvalue weighted by Crippen LogP contribution is -2.33. The molecular formula is C9H16N4O2S. The van der Waals surface area contributed by atoms with Gasteiger partial charge in [-0.25, -0.2) is 8.42 Å². The first-order chi connectivity index (χ1) is 7.55. The summed E-state index contributed by atoms with van der Waals surface area (Å²) in [4.78, 5) is 0. The molecule has 1 aromatic heterocycles. The van der Waals surface area contributed by atoms with E-state index < -0.39 is 10.0 Å². The normalized spacial score (nSPS) is 22.8. The lowest BCUT2D eigenvalue weighted by molar-refractivity contribution is 0.457. The molecule has 2 heterocycles. The Kier molecular flexibility index (Phi) is 3.00. The Morgan fingerprint density at radius 1 is 1.62 bits per heavy atom. The standard InChI is InChI=1S/C9H16N4O2S/c1-2-13-9(3-5-11-13)16(14,15)12-6-4-8(10)7-12/h3,5,8H,2,4,6-7,10H2,1H3/t8-/m1/s1. The van der Waals surface area contributed by atoms with Crippen molar-refractivity contribution in [1.82, 2.24) is 14.1 Å². The molecule has 0 unspecified atom stereocenters. The molecule has 1 aromatic rings. The van der Waals surface area contributed by atoms with E-state index in [2.05, 4.69) is 5.10 Å². The van der Waals surface area contributed by atoms with Crippen molar-refractivity contribution in [2.45, 2.75) is 31.0 Å². The van der Waals surface area contributed by atoms with Gasteiger partial charge in [0.25, 0.3) is 10.0 Å². The number of nitrogens with zero attached hydrogens (tertiary/aromatic N) is 3. The number of rotatable bonds is 3. The predicted molar refractivity (Wildman–Crippen MR) is 59.3 cm³/mol. The van der Waals surface area contributed by atoms with Gasteiger partial charge in [-0.1, -0.05) is 0 Å². The first-order valence-corrected chi connectivity index (χ1v) is 6.77. The van der Waals surface area contributed by atoms with Gasteiger partial charge >= 0.3 is 0 Å². The van der Waals surface area contributed by atoms with Crippen LogP contribution < -0.4 is 5.73 Å². The van der Waals surface area contributed by atoms with Crippen molar-refractivity contribution in [1.29, 1.82) is 0 Å². The van der Waals surface area contributed by atoms with Gasteiger partial charge in [-0.15, -0.1) is 0 Å². The summed E-state index contributed by atoms with van der Waals surface area (Å²) in [5.74, 6) is 0. The predicted octanol–water partition coefficient (Wildman–Crippen LogP) is -0.375. The smallest absolute Gasteiger partial charge is 0.260 e. The molecule has 90 valence electrons. The van der Waals surface area contributed by atoms with E-state index in [4.69, 9.17) is 5.73 Å². The molecule has 0 bridgehead atoms. The molecule has 0 amide bonds. The molecule has 1 fully saturated rings. The van der Waals surface area contributed by atoms with Crippen LogP contribution in [-0.4, -0.2) is 41.6 Å². The zero-order valence-electron chi connectivity index (χ0n) is 9.20. The third-order valence-electron chi connectivity index (χ3n) is 2.77. The van der Waals surface area contributed by atoms with Gasteiger partial charge in [-0.2, -0.15) is 9.40 Å². The number of hydrogen-bond acceptors (Lipinski definition) is 4. The van der Waals surface area contributed by atoms with Crippen LogP contribution in [0.2, 0.25) is 0 Å². The van der Waals surface area contributed by atoms with Gasteiger partial charge in [0.15, 0.2) is 5.03 Å². The highest BCUT2D eigenvalue weighted by atomic mass is 32.2. The van der Waals surface area contributed by atoms with E-state index in [-0.39, 0.29) is 11.1 Å². The zero-order chi connectivity index (χ0) is 11.8. The molecule has 6 nitrogen and oxygen atoms in total. The number of aromatic nitrogens is 2. The van der Waals surface area contributed by atoms with Crippen LogP contribution in [0, 0.1) is 0 Å². The van der Waals surface area contributed by atoms with E-state index in [1.807, 2.05) is 6.92 Å². The molecule has 0 aromatic carbocycles. The lowest BCUT2D eigenvalue weighted by atomic mass is 10.3. The topological polar surface area (TPSA) is 81.2 Å². The van der Waals surface area contributed by atoms with Gasteiger partial charge < -0.3 is 5.73 Å². The van der Waals surface area contributed by atoms with Crippen LogP contribution >= 0.6 is 0 Å². The fraction of sp³-hybridized carbons (Fsp3) is 0.667.